The number of hydrogen-bond acceptors (Lipinski definition) is 3. The molecule has 3 nitrogen and oxygen atoms in total. The van der Waals surface area contributed by atoms with Crippen LogP contribution in [0.25, 0.3) is 21.8 Å². The second-order valence-electron chi connectivity index (χ2n) is 3.48. The van der Waals surface area contributed by atoms with Crippen molar-refractivity contribution in [1.29, 1.82) is 5.41 Å². The molecule has 0 amide bonds. The summed E-state index contributed by atoms with van der Waals surface area (Å²) in [5.74, 6) is 0. The van der Waals surface area contributed by atoms with Gasteiger partial charge in [-0.2, -0.15) is 0 Å². The average Bonchev–Trinajstić information content (AvgIpc) is 2.37. The number of nitrogens with one attached hydrogen (secondary N) is 1. The minimum Gasteiger partial charge on any atom is -0.248 e. The number of rotatable bonds is 0. The minimum atomic E-state index is 0.750. The van der Waals surface area contributed by atoms with Crippen LogP contribution in [0.15, 0.2) is 54.6 Å². The highest BCUT2D eigenvalue weighted by Gasteiger charge is 1.96. The van der Waals surface area contributed by atoms with Crippen LogP contribution in [0.4, 0.5) is 0 Å². The molecule has 0 aliphatic heterocycles. The van der Waals surface area contributed by atoms with E-state index in [1.807, 2.05) is 36.4 Å². The molecule has 0 spiro atoms. The van der Waals surface area contributed by atoms with Crippen LogP contribution in [0, 0.1) is 5.41 Å². The highest BCUT2D eigenvalue weighted by molar-refractivity contribution is 5.92. The quantitative estimate of drug-likeness (QED) is 0.360. The molecule has 0 radical (unpaired) electrons. The molecular formula is C14H10N2O. The number of hydrogen-bond donors (Lipinski definition) is 1. The summed E-state index contributed by atoms with van der Waals surface area (Å²) in [6, 6.07) is 18.6. The van der Waals surface area contributed by atoms with Crippen LogP contribution in [-0.4, -0.2) is 11.1 Å². The first-order chi connectivity index (χ1) is 8.35. The zero-order chi connectivity index (χ0) is 12.1. The number of para-hydroxylation sites is 2. The number of nitrogens with zero attached hydrogens (tertiary/aromatic N) is 1. The summed E-state index contributed by atoms with van der Waals surface area (Å²) in [7, 11) is 0. The van der Waals surface area contributed by atoms with Gasteiger partial charge in [0.2, 0.25) is 6.08 Å². The van der Waals surface area contributed by atoms with E-state index in [0.29, 0.717) is 0 Å². The van der Waals surface area contributed by atoms with Crippen molar-refractivity contribution >= 4 is 27.9 Å². The summed E-state index contributed by atoms with van der Waals surface area (Å²) in [4.78, 5) is 12.9. The van der Waals surface area contributed by atoms with Crippen molar-refractivity contribution in [3.05, 3.63) is 54.6 Å². The molecular weight excluding hydrogens is 212 g/mol. The lowest BCUT2D eigenvalue weighted by Gasteiger charge is -1.99. The fourth-order valence-electron chi connectivity index (χ4n) is 1.72. The van der Waals surface area contributed by atoms with Gasteiger partial charge in [0.1, 0.15) is 0 Å². The predicted octanol–water partition coefficient (Wildman–Crippen LogP) is 3.29. The molecule has 17 heavy (non-hydrogen) atoms. The summed E-state index contributed by atoms with van der Waals surface area (Å²) in [6.45, 7) is 0. The summed E-state index contributed by atoms with van der Waals surface area (Å²) in [5.41, 5.74) is 2.12. The van der Waals surface area contributed by atoms with E-state index in [9.17, 15) is 0 Å². The molecule has 0 bridgehead atoms. The molecule has 3 aromatic rings. The Morgan fingerprint density at radius 1 is 0.882 bits per heavy atom. The van der Waals surface area contributed by atoms with Gasteiger partial charge in [-0.05, 0) is 18.2 Å². The Labute approximate surface area is 98.2 Å². The van der Waals surface area contributed by atoms with Crippen molar-refractivity contribution < 1.29 is 4.79 Å². The summed E-state index contributed by atoms with van der Waals surface area (Å²) >= 11 is 0. The Bertz CT molecular complexity index is 581. The number of pyridine rings is 1. The zero-order valence-electron chi connectivity index (χ0n) is 9.05. The third-order valence-electron chi connectivity index (χ3n) is 2.43. The van der Waals surface area contributed by atoms with Gasteiger partial charge >= 0.3 is 0 Å². The molecule has 0 atom stereocenters. The van der Waals surface area contributed by atoms with Gasteiger partial charge in [-0.15, -0.1) is 0 Å². The molecule has 82 valence electrons. The number of carbonyl (C=O) groups excluding carboxylic acids is 1. The second-order valence-corrected chi connectivity index (χ2v) is 3.48. The van der Waals surface area contributed by atoms with Gasteiger partial charge in [-0.25, -0.2) is 15.2 Å². The molecule has 0 unspecified atom stereocenters. The second kappa shape index (κ2) is 5.01. The van der Waals surface area contributed by atoms with Gasteiger partial charge in [-0.3, -0.25) is 0 Å². The zero-order valence-corrected chi connectivity index (χ0v) is 9.05. The van der Waals surface area contributed by atoms with Gasteiger partial charge in [0.05, 0.1) is 11.0 Å². The van der Waals surface area contributed by atoms with Crippen LogP contribution >= 0.6 is 0 Å². The molecule has 1 heterocycles. The topological polar surface area (TPSA) is 53.8 Å². The number of benzene rings is 2. The molecule has 3 rings (SSSR count). The van der Waals surface area contributed by atoms with Gasteiger partial charge in [0.15, 0.2) is 0 Å². The first kappa shape index (κ1) is 11.0. The third-order valence-corrected chi connectivity index (χ3v) is 2.43. The van der Waals surface area contributed by atoms with Gasteiger partial charge in [0.25, 0.3) is 0 Å². The summed E-state index contributed by atoms with van der Waals surface area (Å²) in [5, 5.41) is 7.80. The predicted molar refractivity (Wildman–Crippen MR) is 67.7 cm³/mol. The van der Waals surface area contributed by atoms with Crippen molar-refractivity contribution in [3.8, 4) is 0 Å². The Kier molecular flexibility index (Phi) is 3.24. The van der Waals surface area contributed by atoms with E-state index in [1.54, 1.807) is 0 Å². The van der Waals surface area contributed by atoms with Crippen LogP contribution in [0.3, 0.4) is 0 Å². The van der Waals surface area contributed by atoms with E-state index < -0.39 is 0 Å². The summed E-state index contributed by atoms with van der Waals surface area (Å²) in [6.07, 6.45) is 0.750. The smallest absolute Gasteiger partial charge is 0.231 e. The van der Waals surface area contributed by atoms with E-state index >= 15 is 0 Å². The van der Waals surface area contributed by atoms with Gasteiger partial charge < -0.3 is 0 Å². The largest absolute Gasteiger partial charge is 0.248 e. The van der Waals surface area contributed by atoms with Crippen LogP contribution < -0.4 is 0 Å². The van der Waals surface area contributed by atoms with Gasteiger partial charge in [0, 0.05) is 10.8 Å². The molecule has 0 aliphatic rings. The van der Waals surface area contributed by atoms with Crippen molar-refractivity contribution in [2.75, 3.05) is 0 Å². The van der Waals surface area contributed by atoms with E-state index in [2.05, 4.69) is 23.2 Å². The van der Waals surface area contributed by atoms with Crippen LogP contribution in [0.1, 0.15) is 0 Å². The lowest BCUT2D eigenvalue weighted by atomic mass is 10.1. The molecule has 1 N–H and O–H groups in total. The first-order valence-corrected chi connectivity index (χ1v) is 5.13. The Morgan fingerprint density at radius 2 is 1.29 bits per heavy atom. The van der Waals surface area contributed by atoms with E-state index in [1.165, 1.54) is 10.8 Å². The van der Waals surface area contributed by atoms with Crippen molar-refractivity contribution in [2.45, 2.75) is 0 Å². The highest BCUT2D eigenvalue weighted by Crippen LogP contribution is 2.18. The maximum atomic E-state index is 8.35. The molecule has 0 fully saturated rings. The standard InChI is InChI=1S/C13H9N.CHNO/c1-3-7-12-10(5-1)9-11-6-2-4-8-13(11)14-12;2-1-3/h1-9H;2H. The van der Waals surface area contributed by atoms with E-state index in [0.717, 1.165) is 17.1 Å². The number of isocyanates is 1. The lowest BCUT2D eigenvalue weighted by Crippen LogP contribution is -1.80. The lowest BCUT2D eigenvalue weighted by molar-refractivity contribution is 0.563. The van der Waals surface area contributed by atoms with Gasteiger partial charge in [-0.1, -0.05) is 36.4 Å². The maximum absolute atomic E-state index is 8.35. The van der Waals surface area contributed by atoms with Crippen molar-refractivity contribution in [3.63, 3.8) is 0 Å². The third kappa shape index (κ3) is 2.36. The highest BCUT2D eigenvalue weighted by atomic mass is 16.1. The molecule has 3 heteroatoms. The van der Waals surface area contributed by atoms with Crippen molar-refractivity contribution in [2.24, 2.45) is 0 Å². The Hall–Kier alpha value is -2.51. The minimum absolute atomic E-state index is 0.750. The first-order valence-electron chi connectivity index (χ1n) is 5.13. The molecule has 2 aromatic carbocycles. The van der Waals surface area contributed by atoms with Crippen LogP contribution in [0.5, 0.6) is 0 Å². The van der Waals surface area contributed by atoms with Crippen molar-refractivity contribution in [1.82, 2.24) is 4.98 Å². The van der Waals surface area contributed by atoms with E-state index in [-0.39, 0.29) is 0 Å². The number of aromatic nitrogens is 1. The van der Waals surface area contributed by atoms with Crippen LogP contribution in [0.2, 0.25) is 0 Å². The average molecular weight is 222 g/mol. The molecule has 1 aromatic heterocycles. The Balaban J connectivity index is 0.000000329. The SMILES string of the molecule is N=C=O.c1ccc2nc3ccccc3cc2c1. The summed E-state index contributed by atoms with van der Waals surface area (Å²) < 4.78 is 0. The molecule has 0 saturated heterocycles. The fourth-order valence-corrected chi connectivity index (χ4v) is 1.72. The molecule has 0 aliphatic carbocycles. The van der Waals surface area contributed by atoms with E-state index in [4.69, 9.17) is 10.2 Å². The monoisotopic (exact) mass is 222 g/mol. The maximum Gasteiger partial charge on any atom is 0.231 e. The van der Waals surface area contributed by atoms with Crippen LogP contribution in [-0.2, 0) is 4.79 Å². The fraction of sp³-hybridized carbons (Fsp3) is 0. The normalized spacial score (nSPS) is 9.41. The number of fused-ring (bicyclic) bond motifs is 2. The Morgan fingerprint density at radius 3 is 1.76 bits per heavy atom. The molecule has 0 saturated carbocycles.